The molecule has 0 spiro atoms. The number of hydrogen-bond donors (Lipinski definition) is 2. The summed E-state index contributed by atoms with van der Waals surface area (Å²) in [5.41, 5.74) is -0.440. The molecule has 2 heterocycles. The first-order chi connectivity index (χ1) is 19.6. The summed E-state index contributed by atoms with van der Waals surface area (Å²) in [6.45, 7) is 6.09. The highest BCUT2D eigenvalue weighted by Gasteiger charge is 2.28. The predicted molar refractivity (Wildman–Crippen MR) is 157 cm³/mol. The molecule has 2 aromatic carbocycles. The van der Waals surface area contributed by atoms with Gasteiger partial charge in [0.25, 0.3) is 10.0 Å². The zero-order valence-electron chi connectivity index (χ0n) is 23.1. The van der Waals surface area contributed by atoms with Crippen molar-refractivity contribution in [2.45, 2.75) is 37.5 Å². The zero-order chi connectivity index (χ0) is 30.9. The number of aromatic nitrogens is 3. The van der Waals surface area contributed by atoms with E-state index in [1.807, 2.05) is 25.5 Å². The molecule has 0 aliphatic carbocycles. The van der Waals surface area contributed by atoms with E-state index in [1.54, 1.807) is 6.07 Å². The van der Waals surface area contributed by atoms with Crippen molar-refractivity contribution in [1.29, 1.82) is 0 Å². The Labute approximate surface area is 246 Å². The summed E-state index contributed by atoms with van der Waals surface area (Å²) in [6, 6.07) is 8.14. The van der Waals surface area contributed by atoms with Gasteiger partial charge in [-0.25, -0.2) is 45.0 Å². The van der Waals surface area contributed by atoms with E-state index < -0.39 is 53.3 Å². The van der Waals surface area contributed by atoms with Crippen LogP contribution >= 0.6 is 11.3 Å². The van der Waals surface area contributed by atoms with Gasteiger partial charge in [0, 0.05) is 30.0 Å². The van der Waals surface area contributed by atoms with E-state index in [2.05, 4.69) is 20.3 Å². The minimum atomic E-state index is -4.83. The largest absolute Gasteiger partial charge is 0.354 e. The molecule has 42 heavy (non-hydrogen) atoms. The van der Waals surface area contributed by atoms with Crippen LogP contribution in [0.3, 0.4) is 0 Å². The number of rotatable bonds is 10. The van der Waals surface area contributed by atoms with Crippen molar-refractivity contribution in [2.75, 3.05) is 28.6 Å². The normalized spacial score (nSPS) is 12.4. The van der Waals surface area contributed by atoms with Crippen LogP contribution in [0.2, 0.25) is 0 Å². The fourth-order valence-corrected chi connectivity index (χ4v) is 6.81. The lowest BCUT2D eigenvalue weighted by atomic mass is 9.98. The summed E-state index contributed by atoms with van der Waals surface area (Å²) in [6.07, 6.45) is 2.99. The van der Waals surface area contributed by atoms with Crippen LogP contribution in [0.15, 0.2) is 53.6 Å². The molecule has 9 nitrogen and oxygen atoms in total. The fraction of sp³-hybridized carbons (Fsp3) is 0.296. The topological polar surface area (TPSA) is 131 Å². The molecule has 0 aliphatic heterocycles. The molecule has 0 fully saturated rings. The van der Waals surface area contributed by atoms with Crippen LogP contribution in [0.25, 0.3) is 21.8 Å². The molecule has 4 rings (SSSR count). The molecule has 0 unspecified atom stereocenters. The van der Waals surface area contributed by atoms with Crippen LogP contribution in [-0.2, 0) is 25.3 Å². The van der Waals surface area contributed by atoms with Gasteiger partial charge >= 0.3 is 0 Å². The number of anilines is 2. The first kappa shape index (κ1) is 31.4. The van der Waals surface area contributed by atoms with Gasteiger partial charge in [0.15, 0.2) is 10.7 Å². The van der Waals surface area contributed by atoms with Crippen LogP contribution < -0.4 is 10.0 Å². The molecule has 0 bridgehead atoms. The minimum Gasteiger partial charge on any atom is -0.354 e. The Balaban J connectivity index is 1.74. The van der Waals surface area contributed by atoms with E-state index in [4.69, 9.17) is 0 Å². The number of sulfonamides is 1. The second kappa shape index (κ2) is 12.0. The lowest BCUT2D eigenvalue weighted by Crippen LogP contribution is -2.17. The van der Waals surface area contributed by atoms with Crippen molar-refractivity contribution in [3.8, 4) is 21.8 Å². The number of thiazole rings is 1. The van der Waals surface area contributed by atoms with Crippen molar-refractivity contribution in [3.63, 3.8) is 0 Å². The maximum atomic E-state index is 15.9. The minimum absolute atomic E-state index is 0.00342. The molecule has 0 saturated heterocycles. The number of nitrogens with one attached hydrogen (secondary N) is 2. The Hall–Kier alpha value is -3.56. The third-order valence-electron chi connectivity index (χ3n) is 5.82. The summed E-state index contributed by atoms with van der Waals surface area (Å²) >= 11 is 1.27. The van der Waals surface area contributed by atoms with Crippen molar-refractivity contribution in [3.05, 3.63) is 71.1 Å². The highest BCUT2D eigenvalue weighted by Crippen LogP contribution is 2.42. The lowest BCUT2D eigenvalue weighted by molar-refractivity contribution is 0.521. The summed E-state index contributed by atoms with van der Waals surface area (Å²) in [5, 5.41) is 3.63. The van der Waals surface area contributed by atoms with E-state index in [0.29, 0.717) is 28.5 Å². The van der Waals surface area contributed by atoms with Gasteiger partial charge in [-0.2, -0.15) is 0 Å². The maximum absolute atomic E-state index is 15.9. The highest BCUT2D eigenvalue weighted by molar-refractivity contribution is 7.92. The molecule has 0 radical (unpaired) electrons. The summed E-state index contributed by atoms with van der Waals surface area (Å²) < 4.78 is 94.8. The smallest absolute Gasteiger partial charge is 0.267 e. The van der Waals surface area contributed by atoms with Crippen LogP contribution in [-0.4, -0.2) is 50.3 Å². The summed E-state index contributed by atoms with van der Waals surface area (Å²) in [5.74, 6) is -3.42. The third-order valence-corrected chi connectivity index (χ3v) is 9.77. The molecule has 0 atom stereocenters. The standard InChI is InChI=1S/C27H28F3N5O4S3/c1-27(2,3)25-34-22(23(40-25)20-12-14-32-26(33-20)31-13-7-15-41(4,36)37)16-8-5-11-19(21(16)30)35-42(38,39)24-17(28)9-6-10-18(24)29/h5-6,8-12,14,35H,7,13,15H2,1-4H3,(H,31,32,33). The average Bonchev–Trinajstić information content (AvgIpc) is 3.33. The molecule has 4 aromatic rings. The van der Waals surface area contributed by atoms with Crippen LogP contribution in [0.4, 0.5) is 24.8 Å². The van der Waals surface area contributed by atoms with Gasteiger partial charge in [-0.3, -0.25) is 4.72 Å². The summed E-state index contributed by atoms with van der Waals surface area (Å²) in [7, 11) is -7.95. The SMILES string of the molecule is CC(C)(C)c1nc(-c2cccc(NS(=O)(=O)c3c(F)cccc3F)c2F)c(-c2ccnc(NCCCS(C)(=O)=O)n2)s1. The molecule has 0 aliphatic rings. The van der Waals surface area contributed by atoms with E-state index in [-0.39, 0.29) is 23.0 Å². The number of benzene rings is 2. The molecular formula is C27H28F3N5O4S3. The first-order valence-electron chi connectivity index (χ1n) is 12.6. The summed E-state index contributed by atoms with van der Waals surface area (Å²) in [4.78, 5) is 12.6. The average molecular weight is 640 g/mol. The Bertz CT molecular complexity index is 1820. The fourth-order valence-electron chi connectivity index (χ4n) is 3.83. The Morgan fingerprint density at radius 3 is 2.24 bits per heavy atom. The van der Waals surface area contributed by atoms with Crippen molar-refractivity contribution < 1.29 is 30.0 Å². The molecule has 0 saturated carbocycles. The van der Waals surface area contributed by atoms with Gasteiger partial charge in [-0.15, -0.1) is 11.3 Å². The number of halogens is 3. The van der Waals surface area contributed by atoms with Crippen molar-refractivity contribution in [1.82, 2.24) is 15.0 Å². The van der Waals surface area contributed by atoms with Gasteiger partial charge in [0.2, 0.25) is 5.95 Å². The predicted octanol–water partition coefficient (Wildman–Crippen LogP) is 5.63. The van der Waals surface area contributed by atoms with Crippen molar-refractivity contribution >= 4 is 42.8 Å². The van der Waals surface area contributed by atoms with E-state index in [1.165, 1.54) is 29.7 Å². The Morgan fingerprint density at radius 1 is 0.929 bits per heavy atom. The van der Waals surface area contributed by atoms with E-state index in [9.17, 15) is 25.6 Å². The lowest BCUT2D eigenvalue weighted by Gasteiger charge is -2.14. The monoisotopic (exact) mass is 639 g/mol. The molecule has 2 N–H and O–H groups in total. The second-order valence-corrected chi connectivity index (χ2v) is 15.3. The Kier molecular flexibility index (Phi) is 8.94. The highest BCUT2D eigenvalue weighted by atomic mass is 32.2. The zero-order valence-corrected chi connectivity index (χ0v) is 25.5. The van der Waals surface area contributed by atoms with Crippen LogP contribution in [0.1, 0.15) is 32.2 Å². The van der Waals surface area contributed by atoms with Gasteiger partial charge in [-0.05, 0) is 36.8 Å². The molecular weight excluding hydrogens is 612 g/mol. The third kappa shape index (κ3) is 7.25. The van der Waals surface area contributed by atoms with Crippen LogP contribution in [0, 0.1) is 17.5 Å². The first-order valence-corrected chi connectivity index (χ1v) is 16.9. The van der Waals surface area contributed by atoms with Crippen LogP contribution in [0.5, 0.6) is 0 Å². The quantitative estimate of drug-likeness (QED) is 0.214. The van der Waals surface area contributed by atoms with Gasteiger partial charge in [0.05, 0.1) is 32.7 Å². The molecule has 15 heteroatoms. The number of hydrogen-bond acceptors (Lipinski definition) is 9. The molecule has 224 valence electrons. The van der Waals surface area contributed by atoms with E-state index in [0.717, 1.165) is 30.5 Å². The van der Waals surface area contributed by atoms with Gasteiger partial charge in [-0.1, -0.05) is 32.9 Å². The number of nitrogens with zero attached hydrogens (tertiary/aromatic N) is 3. The number of sulfone groups is 1. The molecule has 0 amide bonds. The van der Waals surface area contributed by atoms with Crippen molar-refractivity contribution in [2.24, 2.45) is 0 Å². The van der Waals surface area contributed by atoms with Gasteiger partial charge < -0.3 is 5.32 Å². The molecule has 2 aromatic heterocycles. The Morgan fingerprint density at radius 2 is 1.60 bits per heavy atom. The van der Waals surface area contributed by atoms with Gasteiger partial charge in [0.1, 0.15) is 21.5 Å². The maximum Gasteiger partial charge on any atom is 0.267 e. The second-order valence-electron chi connectivity index (χ2n) is 10.4. The van der Waals surface area contributed by atoms with E-state index >= 15 is 4.39 Å².